The van der Waals surface area contributed by atoms with E-state index in [1.807, 2.05) is 0 Å². The minimum atomic E-state index is -0.397. The summed E-state index contributed by atoms with van der Waals surface area (Å²) in [6.07, 6.45) is 2.99. The quantitative estimate of drug-likeness (QED) is 0.676. The van der Waals surface area contributed by atoms with Crippen molar-refractivity contribution in [1.29, 1.82) is 0 Å². The Balaban J connectivity index is 1.96. The molecule has 23 heavy (non-hydrogen) atoms. The molecule has 3 rings (SSSR count). The van der Waals surface area contributed by atoms with Gasteiger partial charge in [0.1, 0.15) is 5.69 Å². The minimum Gasteiger partial charge on any atom is -0.271 e. The third-order valence-electron chi connectivity index (χ3n) is 4.18. The van der Waals surface area contributed by atoms with E-state index in [1.165, 1.54) is 28.3 Å². The number of hydrogen-bond acceptors (Lipinski definition) is 4. The van der Waals surface area contributed by atoms with E-state index in [1.54, 1.807) is 18.2 Å². The molecule has 0 saturated heterocycles. The van der Waals surface area contributed by atoms with Gasteiger partial charge in [0, 0.05) is 11.6 Å². The Kier molecular flexibility index (Phi) is 4.10. The van der Waals surface area contributed by atoms with Crippen molar-refractivity contribution in [3.05, 3.63) is 68.8 Å². The first-order chi connectivity index (χ1) is 11.1. The number of nitro benzene ring substituents is 1. The van der Waals surface area contributed by atoms with Crippen LogP contribution in [0.3, 0.4) is 0 Å². The molecule has 0 amide bonds. The first-order valence-electron chi connectivity index (χ1n) is 7.73. The van der Waals surface area contributed by atoms with E-state index in [0.29, 0.717) is 5.69 Å². The SMILES string of the molecule is Cc1cc(C)c2c(c1)/C(=N/Nc1ccccc1[N+](=O)[O-])CCC2. The van der Waals surface area contributed by atoms with Crippen LogP contribution in [0.4, 0.5) is 11.4 Å². The van der Waals surface area contributed by atoms with E-state index >= 15 is 0 Å². The highest BCUT2D eigenvalue weighted by Gasteiger charge is 2.18. The lowest BCUT2D eigenvalue weighted by atomic mass is 9.86. The van der Waals surface area contributed by atoms with Gasteiger partial charge in [0.25, 0.3) is 5.69 Å². The van der Waals surface area contributed by atoms with E-state index in [0.717, 1.165) is 25.0 Å². The Bertz CT molecular complexity index is 797. The van der Waals surface area contributed by atoms with Crippen molar-refractivity contribution in [2.45, 2.75) is 33.1 Å². The highest BCUT2D eigenvalue weighted by molar-refractivity contribution is 6.03. The molecule has 0 bridgehead atoms. The fourth-order valence-electron chi connectivity index (χ4n) is 3.13. The molecule has 0 fully saturated rings. The van der Waals surface area contributed by atoms with Crippen molar-refractivity contribution in [3.8, 4) is 0 Å². The van der Waals surface area contributed by atoms with Gasteiger partial charge in [-0.05, 0) is 56.4 Å². The largest absolute Gasteiger partial charge is 0.294 e. The van der Waals surface area contributed by atoms with E-state index in [4.69, 9.17) is 0 Å². The number of benzene rings is 2. The number of anilines is 1. The molecule has 0 heterocycles. The number of hydrazone groups is 1. The molecule has 5 heteroatoms. The molecule has 0 saturated carbocycles. The molecule has 2 aromatic rings. The van der Waals surface area contributed by atoms with Gasteiger partial charge in [0.15, 0.2) is 0 Å². The highest BCUT2D eigenvalue weighted by atomic mass is 16.6. The topological polar surface area (TPSA) is 67.5 Å². The Morgan fingerprint density at radius 2 is 1.96 bits per heavy atom. The number of hydrogen-bond donors (Lipinski definition) is 1. The fourth-order valence-corrected chi connectivity index (χ4v) is 3.13. The summed E-state index contributed by atoms with van der Waals surface area (Å²) in [5, 5.41) is 15.6. The average Bonchev–Trinajstić information content (AvgIpc) is 2.53. The normalized spacial score (nSPS) is 15.3. The fraction of sp³-hybridized carbons (Fsp3) is 0.278. The Morgan fingerprint density at radius 3 is 2.74 bits per heavy atom. The summed E-state index contributed by atoms with van der Waals surface area (Å²) >= 11 is 0. The average molecular weight is 309 g/mol. The number of nitro groups is 1. The van der Waals surface area contributed by atoms with Crippen LogP contribution in [0.1, 0.15) is 35.1 Å². The summed E-state index contributed by atoms with van der Waals surface area (Å²) < 4.78 is 0. The minimum absolute atomic E-state index is 0.0355. The van der Waals surface area contributed by atoms with Crippen LogP contribution >= 0.6 is 0 Å². The first kappa shape index (κ1) is 15.2. The molecule has 5 nitrogen and oxygen atoms in total. The number of nitrogens with zero attached hydrogens (tertiary/aromatic N) is 2. The number of aryl methyl sites for hydroxylation is 2. The van der Waals surface area contributed by atoms with Gasteiger partial charge in [-0.25, -0.2) is 0 Å². The third-order valence-corrected chi connectivity index (χ3v) is 4.18. The third kappa shape index (κ3) is 3.08. The molecule has 0 aliphatic heterocycles. The summed E-state index contributed by atoms with van der Waals surface area (Å²) in [5.41, 5.74) is 9.32. The molecule has 118 valence electrons. The van der Waals surface area contributed by atoms with E-state index in [-0.39, 0.29) is 5.69 Å². The zero-order valence-corrected chi connectivity index (χ0v) is 13.3. The molecule has 0 radical (unpaired) electrons. The number of para-hydroxylation sites is 2. The summed E-state index contributed by atoms with van der Waals surface area (Å²) in [5.74, 6) is 0. The maximum atomic E-state index is 11.1. The monoisotopic (exact) mass is 309 g/mol. The Labute approximate surface area is 135 Å². The summed E-state index contributed by atoms with van der Waals surface area (Å²) in [4.78, 5) is 10.7. The zero-order chi connectivity index (χ0) is 16.4. The smallest absolute Gasteiger partial charge is 0.271 e. The molecular weight excluding hydrogens is 290 g/mol. The number of rotatable bonds is 3. The lowest BCUT2D eigenvalue weighted by molar-refractivity contribution is -0.384. The van der Waals surface area contributed by atoms with Crippen LogP contribution in [0.25, 0.3) is 0 Å². The number of fused-ring (bicyclic) bond motifs is 1. The molecule has 0 spiro atoms. The molecule has 1 aliphatic rings. The lowest BCUT2D eigenvalue weighted by Gasteiger charge is -2.21. The standard InChI is InChI=1S/C18H19N3O2/c1-12-10-13(2)14-6-5-8-16(15(14)11-12)19-20-17-7-3-4-9-18(17)21(22)23/h3-4,7,9-11,20H,5-6,8H2,1-2H3/b19-16+. The van der Waals surface area contributed by atoms with Crippen LogP contribution in [0.2, 0.25) is 0 Å². The summed E-state index contributed by atoms with van der Waals surface area (Å²) in [6.45, 7) is 4.21. The molecule has 1 N–H and O–H groups in total. The molecule has 1 aliphatic carbocycles. The molecular formula is C18H19N3O2. The summed E-state index contributed by atoms with van der Waals surface area (Å²) in [6, 6.07) is 10.9. The zero-order valence-electron chi connectivity index (χ0n) is 13.3. The predicted molar refractivity (Wildman–Crippen MR) is 92.1 cm³/mol. The van der Waals surface area contributed by atoms with Crippen LogP contribution in [-0.2, 0) is 6.42 Å². The molecule has 0 unspecified atom stereocenters. The Morgan fingerprint density at radius 1 is 1.17 bits per heavy atom. The maximum Gasteiger partial charge on any atom is 0.294 e. The molecule has 0 aromatic heterocycles. The van der Waals surface area contributed by atoms with Gasteiger partial charge in [0.05, 0.1) is 10.6 Å². The van der Waals surface area contributed by atoms with Gasteiger partial charge in [-0.2, -0.15) is 5.10 Å². The molecule has 2 aromatic carbocycles. The van der Waals surface area contributed by atoms with Crippen molar-refractivity contribution in [2.24, 2.45) is 5.10 Å². The van der Waals surface area contributed by atoms with Crippen LogP contribution in [0, 0.1) is 24.0 Å². The van der Waals surface area contributed by atoms with E-state index in [2.05, 4.69) is 36.5 Å². The predicted octanol–water partition coefficient (Wildman–Crippen LogP) is 4.36. The second-order valence-corrected chi connectivity index (χ2v) is 5.91. The lowest BCUT2D eigenvalue weighted by Crippen LogP contribution is -2.15. The first-order valence-corrected chi connectivity index (χ1v) is 7.73. The highest BCUT2D eigenvalue weighted by Crippen LogP contribution is 2.27. The van der Waals surface area contributed by atoms with Crippen molar-refractivity contribution < 1.29 is 4.92 Å². The second-order valence-electron chi connectivity index (χ2n) is 5.91. The van der Waals surface area contributed by atoms with Crippen molar-refractivity contribution in [1.82, 2.24) is 0 Å². The van der Waals surface area contributed by atoms with Crippen LogP contribution in [0.5, 0.6) is 0 Å². The summed E-state index contributed by atoms with van der Waals surface area (Å²) in [7, 11) is 0. The van der Waals surface area contributed by atoms with Gasteiger partial charge in [-0.1, -0.05) is 23.8 Å². The van der Waals surface area contributed by atoms with Crippen molar-refractivity contribution in [3.63, 3.8) is 0 Å². The van der Waals surface area contributed by atoms with Crippen molar-refractivity contribution in [2.75, 3.05) is 5.43 Å². The van der Waals surface area contributed by atoms with Crippen LogP contribution in [-0.4, -0.2) is 10.6 Å². The Hall–Kier alpha value is -2.69. The van der Waals surface area contributed by atoms with E-state index in [9.17, 15) is 10.1 Å². The van der Waals surface area contributed by atoms with Gasteiger partial charge in [-0.15, -0.1) is 0 Å². The van der Waals surface area contributed by atoms with E-state index < -0.39 is 4.92 Å². The second kappa shape index (κ2) is 6.20. The van der Waals surface area contributed by atoms with Gasteiger partial charge in [0.2, 0.25) is 0 Å². The maximum absolute atomic E-state index is 11.1. The van der Waals surface area contributed by atoms with Crippen LogP contribution < -0.4 is 5.43 Å². The van der Waals surface area contributed by atoms with Gasteiger partial charge < -0.3 is 0 Å². The van der Waals surface area contributed by atoms with Gasteiger partial charge >= 0.3 is 0 Å². The molecule has 0 atom stereocenters. The number of nitrogens with one attached hydrogen (secondary N) is 1. The van der Waals surface area contributed by atoms with Gasteiger partial charge in [-0.3, -0.25) is 15.5 Å². The van der Waals surface area contributed by atoms with Crippen molar-refractivity contribution >= 4 is 17.1 Å². The van der Waals surface area contributed by atoms with Crippen LogP contribution in [0.15, 0.2) is 41.5 Å².